The first-order valence-corrected chi connectivity index (χ1v) is 5.47. The lowest BCUT2D eigenvalue weighted by Crippen LogP contribution is -2.14. The van der Waals surface area contributed by atoms with Gasteiger partial charge in [-0.3, -0.25) is 9.78 Å². The van der Waals surface area contributed by atoms with Gasteiger partial charge < -0.3 is 5.73 Å². The fourth-order valence-electron chi connectivity index (χ4n) is 2.22. The molecule has 0 spiro atoms. The van der Waals surface area contributed by atoms with Gasteiger partial charge in [0.05, 0.1) is 0 Å². The summed E-state index contributed by atoms with van der Waals surface area (Å²) >= 11 is 0. The SMILES string of the molecule is CC1CCCCc2cc(C(N)=O)ncc21. The van der Waals surface area contributed by atoms with Gasteiger partial charge in [0.1, 0.15) is 5.69 Å². The van der Waals surface area contributed by atoms with E-state index in [0.717, 1.165) is 6.42 Å². The van der Waals surface area contributed by atoms with Gasteiger partial charge in [-0.2, -0.15) is 0 Å². The second-order valence-electron chi connectivity index (χ2n) is 4.28. The zero-order valence-corrected chi connectivity index (χ0v) is 8.99. The van der Waals surface area contributed by atoms with Crippen LogP contribution in [0.15, 0.2) is 12.3 Å². The van der Waals surface area contributed by atoms with Crippen LogP contribution in [0.25, 0.3) is 0 Å². The minimum Gasteiger partial charge on any atom is -0.364 e. The zero-order valence-electron chi connectivity index (χ0n) is 8.99. The van der Waals surface area contributed by atoms with Crippen LogP contribution in [0.4, 0.5) is 0 Å². The van der Waals surface area contributed by atoms with E-state index in [4.69, 9.17) is 5.73 Å². The highest BCUT2D eigenvalue weighted by Crippen LogP contribution is 2.29. The van der Waals surface area contributed by atoms with E-state index >= 15 is 0 Å². The van der Waals surface area contributed by atoms with Crippen LogP contribution < -0.4 is 5.73 Å². The number of rotatable bonds is 1. The molecule has 3 heteroatoms. The number of carbonyl (C=O) groups is 1. The van der Waals surface area contributed by atoms with E-state index in [1.807, 2.05) is 12.3 Å². The molecule has 1 amide bonds. The molecule has 2 rings (SSSR count). The lowest BCUT2D eigenvalue weighted by atomic mass is 9.96. The number of fused-ring (bicyclic) bond motifs is 1. The summed E-state index contributed by atoms with van der Waals surface area (Å²) in [6, 6.07) is 1.86. The van der Waals surface area contributed by atoms with Crippen LogP contribution in [0.5, 0.6) is 0 Å². The second-order valence-corrected chi connectivity index (χ2v) is 4.28. The summed E-state index contributed by atoms with van der Waals surface area (Å²) < 4.78 is 0. The van der Waals surface area contributed by atoms with Gasteiger partial charge in [0, 0.05) is 6.20 Å². The molecule has 1 unspecified atom stereocenters. The normalized spacial score (nSPS) is 20.5. The van der Waals surface area contributed by atoms with Gasteiger partial charge in [-0.1, -0.05) is 13.3 Å². The average Bonchev–Trinajstić information content (AvgIpc) is 2.40. The summed E-state index contributed by atoms with van der Waals surface area (Å²) in [6.45, 7) is 2.22. The maximum atomic E-state index is 11.0. The first-order chi connectivity index (χ1) is 7.18. The van der Waals surface area contributed by atoms with Crippen molar-refractivity contribution in [3.63, 3.8) is 0 Å². The number of nitrogens with zero attached hydrogens (tertiary/aromatic N) is 1. The van der Waals surface area contributed by atoms with Crippen LogP contribution in [0, 0.1) is 0 Å². The van der Waals surface area contributed by atoms with E-state index in [1.54, 1.807) is 0 Å². The van der Waals surface area contributed by atoms with Gasteiger partial charge >= 0.3 is 0 Å². The number of hydrogen-bond donors (Lipinski definition) is 1. The smallest absolute Gasteiger partial charge is 0.267 e. The molecule has 0 fully saturated rings. The molecular weight excluding hydrogens is 188 g/mol. The molecule has 1 aromatic rings. The number of amides is 1. The number of aromatic nitrogens is 1. The standard InChI is InChI=1S/C12H16N2O/c1-8-4-2-3-5-9-6-11(12(13)15)14-7-10(8)9/h6-8H,2-5H2,1H3,(H2,13,15). The lowest BCUT2D eigenvalue weighted by Gasteiger charge is -2.11. The van der Waals surface area contributed by atoms with Crippen molar-refractivity contribution in [1.82, 2.24) is 4.98 Å². The summed E-state index contributed by atoms with van der Waals surface area (Å²) in [4.78, 5) is 15.1. The molecular formula is C12H16N2O. The third-order valence-electron chi connectivity index (χ3n) is 3.14. The quantitative estimate of drug-likeness (QED) is 0.711. The monoisotopic (exact) mass is 204 g/mol. The number of aryl methyl sites for hydroxylation is 1. The molecule has 2 N–H and O–H groups in total. The molecule has 0 saturated heterocycles. The molecule has 1 heterocycles. The Hall–Kier alpha value is -1.38. The summed E-state index contributed by atoms with van der Waals surface area (Å²) in [5.41, 5.74) is 8.15. The van der Waals surface area contributed by atoms with E-state index in [9.17, 15) is 4.79 Å². The van der Waals surface area contributed by atoms with E-state index < -0.39 is 5.91 Å². The largest absolute Gasteiger partial charge is 0.364 e. The Morgan fingerprint density at radius 1 is 1.53 bits per heavy atom. The minimum absolute atomic E-state index is 0.392. The van der Waals surface area contributed by atoms with Crippen molar-refractivity contribution in [3.8, 4) is 0 Å². The second kappa shape index (κ2) is 4.01. The van der Waals surface area contributed by atoms with Gasteiger partial charge in [0.2, 0.25) is 0 Å². The molecule has 3 nitrogen and oxygen atoms in total. The number of carbonyl (C=O) groups excluding carboxylic acids is 1. The Balaban J connectivity index is 2.42. The molecule has 1 aromatic heterocycles. The summed E-state index contributed by atoms with van der Waals surface area (Å²) in [6.07, 6.45) is 6.53. The van der Waals surface area contributed by atoms with Gasteiger partial charge in [-0.15, -0.1) is 0 Å². The van der Waals surface area contributed by atoms with E-state index in [0.29, 0.717) is 11.6 Å². The number of hydrogen-bond acceptors (Lipinski definition) is 2. The molecule has 0 bridgehead atoms. The predicted octanol–water partition coefficient (Wildman–Crippen LogP) is 2.01. The maximum absolute atomic E-state index is 11.0. The predicted molar refractivity (Wildman–Crippen MR) is 58.7 cm³/mol. The van der Waals surface area contributed by atoms with Gasteiger partial charge in [0.25, 0.3) is 5.91 Å². The van der Waals surface area contributed by atoms with Crippen LogP contribution in [-0.2, 0) is 6.42 Å². The third-order valence-corrected chi connectivity index (χ3v) is 3.14. The summed E-state index contributed by atoms with van der Waals surface area (Å²) in [5.74, 6) is 0.117. The van der Waals surface area contributed by atoms with Crippen molar-refractivity contribution < 1.29 is 4.79 Å². The van der Waals surface area contributed by atoms with Gasteiger partial charge in [0.15, 0.2) is 0 Å². The molecule has 0 saturated carbocycles. The Labute approximate surface area is 89.7 Å². The zero-order chi connectivity index (χ0) is 10.8. The molecule has 0 radical (unpaired) electrons. The maximum Gasteiger partial charge on any atom is 0.267 e. The lowest BCUT2D eigenvalue weighted by molar-refractivity contribution is 0.0995. The number of nitrogens with two attached hydrogens (primary N) is 1. The fourth-order valence-corrected chi connectivity index (χ4v) is 2.22. The molecule has 1 aliphatic carbocycles. The molecule has 1 aliphatic rings. The van der Waals surface area contributed by atoms with E-state index in [1.165, 1.54) is 30.4 Å². The molecule has 1 atom stereocenters. The highest BCUT2D eigenvalue weighted by atomic mass is 16.1. The van der Waals surface area contributed by atoms with Crippen LogP contribution in [0.2, 0.25) is 0 Å². The van der Waals surface area contributed by atoms with Crippen molar-refractivity contribution in [3.05, 3.63) is 29.1 Å². The molecule has 0 aliphatic heterocycles. The topological polar surface area (TPSA) is 56.0 Å². The van der Waals surface area contributed by atoms with E-state index in [2.05, 4.69) is 11.9 Å². The molecule has 80 valence electrons. The van der Waals surface area contributed by atoms with E-state index in [-0.39, 0.29) is 0 Å². The van der Waals surface area contributed by atoms with Crippen LogP contribution in [0.3, 0.4) is 0 Å². The van der Waals surface area contributed by atoms with Crippen molar-refractivity contribution >= 4 is 5.91 Å². The molecule has 0 aromatic carbocycles. The Kier molecular flexibility index (Phi) is 2.71. The van der Waals surface area contributed by atoms with Crippen molar-refractivity contribution in [2.45, 2.75) is 38.5 Å². The van der Waals surface area contributed by atoms with Crippen molar-refractivity contribution in [2.75, 3.05) is 0 Å². The van der Waals surface area contributed by atoms with Gasteiger partial charge in [-0.05, 0) is 42.4 Å². The summed E-state index contributed by atoms with van der Waals surface area (Å²) in [5, 5.41) is 0. The molecule has 15 heavy (non-hydrogen) atoms. The Bertz CT molecular complexity index is 387. The van der Waals surface area contributed by atoms with Crippen molar-refractivity contribution in [2.24, 2.45) is 5.73 Å². The average molecular weight is 204 g/mol. The highest BCUT2D eigenvalue weighted by molar-refractivity contribution is 5.90. The highest BCUT2D eigenvalue weighted by Gasteiger charge is 2.16. The van der Waals surface area contributed by atoms with Gasteiger partial charge in [-0.25, -0.2) is 0 Å². The van der Waals surface area contributed by atoms with Crippen molar-refractivity contribution in [1.29, 1.82) is 0 Å². The number of primary amides is 1. The van der Waals surface area contributed by atoms with Crippen LogP contribution in [0.1, 0.15) is 53.7 Å². The fraction of sp³-hybridized carbons (Fsp3) is 0.500. The number of pyridine rings is 1. The third kappa shape index (κ3) is 2.01. The summed E-state index contributed by atoms with van der Waals surface area (Å²) in [7, 11) is 0. The first kappa shape index (κ1) is 10.1. The van der Waals surface area contributed by atoms with Crippen LogP contribution >= 0.6 is 0 Å². The minimum atomic E-state index is -0.435. The Morgan fingerprint density at radius 2 is 2.33 bits per heavy atom. The van der Waals surface area contributed by atoms with Crippen LogP contribution in [-0.4, -0.2) is 10.9 Å². The first-order valence-electron chi connectivity index (χ1n) is 5.47. The Morgan fingerprint density at radius 3 is 3.07 bits per heavy atom.